The van der Waals surface area contributed by atoms with Crippen LogP contribution in [0, 0.1) is 0 Å². The third-order valence-electron chi connectivity index (χ3n) is 2.43. The van der Waals surface area contributed by atoms with Crippen LogP contribution < -0.4 is 0 Å². The van der Waals surface area contributed by atoms with Gasteiger partial charge in [0.1, 0.15) is 0 Å². The number of phenolic OH excluding ortho intramolecular Hbond substituents is 2. The number of benzene rings is 1. The molecule has 6 nitrogen and oxygen atoms in total. The molecule has 0 fully saturated rings. The lowest BCUT2D eigenvalue weighted by molar-refractivity contribution is -0.157. The number of aliphatic carboxylic acids is 1. The summed E-state index contributed by atoms with van der Waals surface area (Å²) in [6.07, 6.45) is 0.911. The second-order valence-electron chi connectivity index (χ2n) is 3.60. The molecule has 0 spiro atoms. The molecular weight excluding hydrogens is 214 g/mol. The minimum atomic E-state index is -2.20. The Morgan fingerprint density at radius 2 is 1.94 bits per heavy atom. The van der Waals surface area contributed by atoms with E-state index in [4.69, 9.17) is 5.11 Å². The molecule has 2 rings (SSSR count). The van der Waals surface area contributed by atoms with E-state index in [1.165, 1.54) is 12.1 Å². The molecule has 1 atom stereocenters. The monoisotopic (exact) mass is 223 g/mol. The van der Waals surface area contributed by atoms with Crippen LogP contribution in [-0.2, 0) is 11.2 Å². The number of carboxylic acids is 1. The van der Waals surface area contributed by atoms with Crippen molar-refractivity contribution in [3.05, 3.63) is 23.3 Å². The van der Waals surface area contributed by atoms with Crippen LogP contribution in [0.4, 0.5) is 0 Å². The fourth-order valence-corrected chi connectivity index (χ4v) is 1.53. The molecule has 0 bridgehead atoms. The summed E-state index contributed by atoms with van der Waals surface area (Å²) in [5, 5.41) is 36.9. The van der Waals surface area contributed by atoms with Crippen LogP contribution in [-0.4, -0.2) is 38.3 Å². The van der Waals surface area contributed by atoms with Crippen LogP contribution in [0.2, 0.25) is 0 Å². The molecule has 0 aliphatic carbocycles. The molecule has 84 valence electrons. The molecule has 1 aromatic carbocycles. The van der Waals surface area contributed by atoms with Gasteiger partial charge in [0.15, 0.2) is 11.5 Å². The minimum absolute atomic E-state index is 0.248. The van der Waals surface area contributed by atoms with Crippen LogP contribution in [0.15, 0.2) is 17.1 Å². The largest absolute Gasteiger partial charge is 0.504 e. The molecule has 0 radical (unpaired) electrons. The number of hydrogen-bond acceptors (Lipinski definition) is 5. The second-order valence-corrected chi connectivity index (χ2v) is 3.60. The first-order valence-corrected chi connectivity index (χ1v) is 4.48. The second kappa shape index (κ2) is 3.21. The summed E-state index contributed by atoms with van der Waals surface area (Å²) in [4.78, 5) is 14.3. The summed E-state index contributed by atoms with van der Waals surface area (Å²) in [5.74, 6) is -2.13. The molecule has 1 heterocycles. The van der Waals surface area contributed by atoms with E-state index >= 15 is 0 Å². The number of carbonyl (C=O) groups is 1. The SMILES string of the molecule is O=C(O)C1(O)Cc2cc(O)c(O)cc2C=N1. The zero-order valence-corrected chi connectivity index (χ0v) is 8.08. The van der Waals surface area contributed by atoms with Gasteiger partial charge in [0.2, 0.25) is 0 Å². The van der Waals surface area contributed by atoms with Crippen LogP contribution in [0.5, 0.6) is 11.5 Å². The summed E-state index contributed by atoms with van der Waals surface area (Å²) in [6.45, 7) is 0. The van der Waals surface area contributed by atoms with Gasteiger partial charge in [-0.05, 0) is 23.3 Å². The van der Waals surface area contributed by atoms with Gasteiger partial charge in [-0.25, -0.2) is 9.79 Å². The topological polar surface area (TPSA) is 110 Å². The maximum atomic E-state index is 10.8. The normalized spacial score (nSPS) is 22.8. The third kappa shape index (κ3) is 1.49. The molecular formula is C10H9NO5. The van der Waals surface area contributed by atoms with Crippen molar-refractivity contribution in [2.45, 2.75) is 12.1 Å². The van der Waals surface area contributed by atoms with Crippen LogP contribution in [0.25, 0.3) is 0 Å². The number of rotatable bonds is 1. The summed E-state index contributed by atoms with van der Waals surface area (Å²) in [7, 11) is 0. The van der Waals surface area contributed by atoms with Crippen molar-refractivity contribution < 1.29 is 25.2 Å². The van der Waals surface area contributed by atoms with Crippen molar-refractivity contribution in [2.24, 2.45) is 4.99 Å². The van der Waals surface area contributed by atoms with Gasteiger partial charge in [0.25, 0.3) is 5.72 Å². The zero-order chi connectivity index (χ0) is 11.9. The Morgan fingerprint density at radius 1 is 1.31 bits per heavy atom. The Hall–Kier alpha value is -2.08. The van der Waals surface area contributed by atoms with Gasteiger partial charge in [0.05, 0.1) is 0 Å². The van der Waals surface area contributed by atoms with Crippen molar-refractivity contribution in [3.8, 4) is 11.5 Å². The van der Waals surface area contributed by atoms with Crippen molar-refractivity contribution in [3.63, 3.8) is 0 Å². The predicted octanol–water partition coefficient (Wildman–Crippen LogP) is -0.154. The Labute approximate surface area is 90.1 Å². The molecule has 1 unspecified atom stereocenters. The van der Waals surface area contributed by atoms with E-state index in [-0.39, 0.29) is 17.9 Å². The van der Waals surface area contributed by atoms with Gasteiger partial charge in [0, 0.05) is 12.6 Å². The fourth-order valence-electron chi connectivity index (χ4n) is 1.53. The minimum Gasteiger partial charge on any atom is -0.504 e. The summed E-state index contributed by atoms with van der Waals surface area (Å²) in [5.41, 5.74) is -1.31. The van der Waals surface area contributed by atoms with Crippen molar-refractivity contribution in [1.82, 2.24) is 0 Å². The predicted molar refractivity (Wildman–Crippen MR) is 53.7 cm³/mol. The zero-order valence-electron chi connectivity index (χ0n) is 8.08. The summed E-state index contributed by atoms with van der Waals surface area (Å²) < 4.78 is 0. The molecule has 0 saturated heterocycles. The summed E-state index contributed by atoms with van der Waals surface area (Å²) in [6, 6.07) is 2.47. The number of hydrogen-bond donors (Lipinski definition) is 4. The Balaban J connectivity index is 2.49. The van der Waals surface area contributed by atoms with E-state index in [1.807, 2.05) is 0 Å². The highest BCUT2D eigenvalue weighted by Crippen LogP contribution is 2.32. The Kier molecular flexibility index (Phi) is 2.09. The van der Waals surface area contributed by atoms with Gasteiger partial charge in [-0.15, -0.1) is 0 Å². The van der Waals surface area contributed by atoms with Gasteiger partial charge < -0.3 is 20.4 Å². The first-order valence-electron chi connectivity index (χ1n) is 4.48. The molecule has 4 N–H and O–H groups in total. The highest BCUT2D eigenvalue weighted by molar-refractivity contribution is 5.89. The Morgan fingerprint density at radius 3 is 2.56 bits per heavy atom. The number of aromatic hydroxyl groups is 2. The first kappa shape index (κ1) is 10.4. The van der Waals surface area contributed by atoms with Crippen molar-refractivity contribution >= 4 is 12.2 Å². The molecule has 16 heavy (non-hydrogen) atoms. The number of nitrogens with zero attached hydrogens (tertiary/aromatic N) is 1. The van der Waals surface area contributed by atoms with Crippen LogP contribution >= 0.6 is 0 Å². The fraction of sp³-hybridized carbons (Fsp3) is 0.200. The van der Waals surface area contributed by atoms with E-state index in [1.54, 1.807) is 0 Å². The third-order valence-corrected chi connectivity index (χ3v) is 2.43. The lowest BCUT2D eigenvalue weighted by atomic mass is 9.95. The average molecular weight is 223 g/mol. The van der Waals surface area contributed by atoms with Gasteiger partial charge in [-0.1, -0.05) is 0 Å². The maximum absolute atomic E-state index is 10.8. The number of phenols is 2. The highest BCUT2D eigenvalue weighted by atomic mass is 16.4. The summed E-state index contributed by atoms with van der Waals surface area (Å²) >= 11 is 0. The quantitative estimate of drug-likeness (QED) is 0.495. The molecule has 1 aliphatic heterocycles. The van der Waals surface area contributed by atoms with Gasteiger partial charge >= 0.3 is 5.97 Å². The van der Waals surface area contributed by atoms with E-state index in [0.29, 0.717) is 11.1 Å². The maximum Gasteiger partial charge on any atom is 0.359 e. The van der Waals surface area contributed by atoms with Gasteiger partial charge in [-0.3, -0.25) is 0 Å². The number of aliphatic imine (C=N–C) groups is 1. The number of fused-ring (bicyclic) bond motifs is 1. The lowest BCUT2D eigenvalue weighted by Crippen LogP contribution is -2.40. The molecule has 1 aliphatic rings. The standard InChI is InChI=1S/C10H9NO5/c12-7-1-5-3-10(16,9(14)15)11-4-6(5)2-8(7)13/h1-2,4,12-13,16H,3H2,(H,14,15). The molecule has 1 aromatic rings. The van der Waals surface area contributed by atoms with Crippen molar-refractivity contribution in [2.75, 3.05) is 0 Å². The van der Waals surface area contributed by atoms with E-state index < -0.39 is 11.7 Å². The molecule has 0 amide bonds. The molecule has 6 heteroatoms. The van der Waals surface area contributed by atoms with E-state index in [0.717, 1.165) is 6.21 Å². The van der Waals surface area contributed by atoms with Crippen LogP contribution in [0.3, 0.4) is 0 Å². The molecule has 0 saturated carbocycles. The van der Waals surface area contributed by atoms with E-state index in [2.05, 4.69) is 4.99 Å². The Bertz CT molecular complexity index is 496. The van der Waals surface area contributed by atoms with Crippen LogP contribution in [0.1, 0.15) is 11.1 Å². The lowest BCUT2D eigenvalue weighted by Gasteiger charge is -2.23. The average Bonchev–Trinajstić information content (AvgIpc) is 2.20. The first-order chi connectivity index (χ1) is 7.42. The number of carboxylic acid groups (broad SMARTS) is 1. The number of aliphatic hydroxyl groups is 1. The molecule has 0 aromatic heterocycles. The van der Waals surface area contributed by atoms with E-state index in [9.17, 15) is 20.1 Å². The van der Waals surface area contributed by atoms with Crippen molar-refractivity contribution in [1.29, 1.82) is 0 Å². The van der Waals surface area contributed by atoms with Gasteiger partial charge in [-0.2, -0.15) is 0 Å². The smallest absolute Gasteiger partial charge is 0.359 e. The highest BCUT2D eigenvalue weighted by Gasteiger charge is 2.38.